The molecule has 1 atom stereocenters. The third-order valence-electron chi connectivity index (χ3n) is 3.13. The molecular weight excluding hydrogens is 200 g/mol. The molecule has 0 bridgehead atoms. The summed E-state index contributed by atoms with van der Waals surface area (Å²) in [6, 6.07) is 0.610. The van der Waals surface area contributed by atoms with Gasteiger partial charge in [-0.15, -0.1) is 0 Å². The Labute approximate surface area is 100 Å². The smallest absolute Gasteiger partial charge is 0.0779 e. The van der Waals surface area contributed by atoms with E-state index in [4.69, 9.17) is 4.74 Å². The predicted molar refractivity (Wildman–Crippen MR) is 68.8 cm³/mol. The summed E-state index contributed by atoms with van der Waals surface area (Å²) in [5.41, 5.74) is 0.107. The number of ether oxygens (including phenoxy) is 1. The molecule has 1 saturated heterocycles. The van der Waals surface area contributed by atoms with E-state index in [1.165, 1.54) is 25.7 Å². The average molecular weight is 228 g/mol. The van der Waals surface area contributed by atoms with Crippen LogP contribution in [0.5, 0.6) is 0 Å². The van der Waals surface area contributed by atoms with Gasteiger partial charge in [-0.1, -0.05) is 13.8 Å². The van der Waals surface area contributed by atoms with Gasteiger partial charge in [-0.05, 0) is 45.7 Å². The highest BCUT2D eigenvalue weighted by atomic mass is 16.5. The first-order valence-corrected chi connectivity index (χ1v) is 6.70. The fourth-order valence-corrected chi connectivity index (χ4v) is 2.09. The van der Waals surface area contributed by atoms with Crippen LogP contribution in [0.2, 0.25) is 0 Å². The Bertz CT molecular complexity index is 177. The van der Waals surface area contributed by atoms with Gasteiger partial charge in [0.05, 0.1) is 5.60 Å². The molecule has 0 aromatic heterocycles. The van der Waals surface area contributed by atoms with Crippen LogP contribution in [0.1, 0.15) is 46.5 Å². The maximum atomic E-state index is 5.72. The van der Waals surface area contributed by atoms with Gasteiger partial charge in [0.2, 0.25) is 0 Å². The summed E-state index contributed by atoms with van der Waals surface area (Å²) in [5, 5.41) is 6.94. The average Bonchev–Trinajstić information content (AvgIpc) is 2.64. The Hall–Kier alpha value is -0.120. The standard InChI is InChI=1S/C13H28N2O/c1-12(2)15-9-5-4-8-14-11-13(3)7-6-10-16-13/h12,14-15H,4-11H2,1-3H3. The first kappa shape index (κ1) is 13.9. The van der Waals surface area contributed by atoms with Crippen LogP contribution in [-0.4, -0.2) is 37.9 Å². The minimum Gasteiger partial charge on any atom is -0.374 e. The van der Waals surface area contributed by atoms with Crippen molar-refractivity contribution < 1.29 is 4.74 Å². The van der Waals surface area contributed by atoms with Gasteiger partial charge in [0.1, 0.15) is 0 Å². The molecule has 1 aliphatic heterocycles. The normalized spacial score (nSPS) is 25.5. The van der Waals surface area contributed by atoms with E-state index in [2.05, 4.69) is 31.4 Å². The summed E-state index contributed by atoms with van der Waals surface area (Å²) in [4.78, 5) is 0. The summed E-state index contributed by atoms with van der Waals surface area (Å²) in [5.74, 6) is 0. The maximum Gasteiger partial charge on any atom is 0.0779 e. The van der Waals surface area contributed by atoms with Crippen LogP contribution >= 0.6 is 0 Å². The highest BCUT2D eigenvalue weighted by Crippen LogP contribution is 2.23. The summed E-state index contributed by atoms with van der Waals surface area (Å²) in [6.07, 6.45) is 4.92. The van der Waals surface area contributed by atoms with Crippen LogP contribution in [0.15, 0.2) is 0 Å². The molecule has 1 heterocycles. The minimum absolute atomic E-state index is 0.107. The van der Waals surface area contributed by atoms with Crippen LogP contribution in [0.25, 0.3) is 0 Å². The van der Waals surface area contributed by atoms with E-state index in [0.29, 0.717) is 6.04 Å². The van der Waals surface area contributed by atoms with Crippen molar-refractivity contribution in [3.63, 3.8) is 0 Å². The van der Waals surface area contributed by atoms with Crippen LogP contribution in [0.3, 0.4) is 0 Å². The molecule has 1 fully saturated rings. The van der Waals surface area contributed by atoms with Crippen molar-refractivity contribution in [3.05, 3.63) is 0 Å². The van der Waals surface area contributed by atoms with Crippen molar-refractivity contribution in [2.24, 2.45) is 0 Å². The lowest BCUT2D eigenvalue weighted by Crippen LogP contribution is -2.37. The summed E-state index contributed by atoms with van der Waals surface area (Å²) in [7, 11) is 0. The summed E-state index contributed by atoms with van der Waals surface area (Å²) < 4.78 is 5.72. The number of nitrogens with one attached hydrogen (secondary N) is 2. The van der Waals surface area contributed by atoms with Gasteiger partial charge < -0.3 is 15.4 Å². The van der Waals surface area contributed by atoms with E-state index in [9.17, 15) is 0 Å². The third kappa shape index (κ3) is 5.83. The molecular formula is C13H28N2O. The predicted octanol–water partition coefficient (Wildman–Crippen LogP) is 1.92. The van der Waals surface area contributed by atoms with E-state index in [1.807, 2.05) is 0 Å². The van der Waals surface area contributed by atoms with Crippen molar-refractivity contribution in [1.29, 1.82) is 0 Å². The Morgan fingerprint density at radius 3 is 2.62 bits per heavy atom. The molecule has 0 aliphatic carbocycles. The molecule has 3 heteroatoms. The molecule has 3 nitrogen and oxygen atoms in total. The molecule has 16 heavy (non-hydrogen) atoms. The summed E-state index contributed by atoms with van der Waals surface area (Å²) >= 11 is 0. The zero-order valence-corrected chi connectivity index (χ0v) is 11.1. The molecule has 1 unspecified atom stereocenters. The van der Waals surface area contributed by atoms with Crippen LogP contribution in [0.4, 0.5) is 0 Å². The van der Waals surface area contributed by atoms with E-state index in [0.717, 1.165) is 26.2 Å². The lowest BCUT2D eigenvalue weighted by atomic mass is 10.0. The molecule has 96 valence electrons. The molecule has 0 saturated carbocycles. The number of unbranched alkanes of at least 4 members (excludes halogenated alkanes) is 1. The number of hydrogen-bond donors (Lipinski definition) is 2. The highest BCUT2D eigenvalue weighted by Gasteiger charge is 2.28. The van der Waals surface area contributed by atoms with E-state index in [1.54, 1.807) is 0 Å². The van der Waals surface area contributed by atoms with Gasteiger partial charge in [0, 0.05) is 19.2 Å². The zero-order valence-electron chi connectivity index (χ0n) is 11.1. The van der Waals surface area contributed by atoms with Crippen LogP contribution in [-0.2, 0) is 4.74 Å². The van der Waals surface area contributed by atoms with Crippen molar-refractivity contribution in [2.45, 2.75) is 58.1 Å². The molecule has 0 amide bonds. The molecule has 0 spiro atoms. The first-order valence-electron chi connectivity index (χ1n) is 6.70. The molecule has 0 aromatic carbocycles. The van der Waals surface area contributed by atoms with Crippen molar-refractivity contribution in [1.82, 2.24) is 10.6 Å². The quantitative estimate of drug-likeness (QED) is 0.623. The Morgan fingerprint density at radius 1 is 1.25 bits per heavy atom. The van der Waals surface area contributed by atoms with Gasteiger partial charge in [0.15, 0.2) is 0 Å². The molecule has 1 aliphatic rings. The van der Waals surface area contributed by atoms with Crippen LogP contribution in [0, 0.1) is 0 Å². The number of hydrogen-bond acceptors (Lipinski definition) is 3. The topological polar surface area (TPSA) is 33.3 Å². The lowest BCUT2D eigenvalue weighted by molar-refractivity contribution is 0.0210. The van der Waals surface area contributed by atoms with Crippen LogP contribution < -0.4 is 10.6 Å². The largest absolute Gasteiger partial charge is 0.374 e. The van der Waals surface area contributed by atoms with Gasteiger partial charge in [0.25, 0.3) is 0 Å². The molecule has 1 rings (SSSR count). The lowest BCUT2D eigenvalue weighted by Gasteiger charge is -2.23. The van der Waals surface area contributed by atoms with Gasteiger partial charge in [-0.3, -0.25) is 0 Å². The van der Waals surface area contributed by atoms with Crippen molar-refractivity contribution >= 4 is 0 Å². The second-order valence-electron chi connectivity index (χ2n) is 5.39. The zero-order chi connectivity index (χ0) is 11.9. The Kier molecular flexibility index (Phi) is 6.32. The van der Waals surface area contributed by atoms with E-state index >= 15 is 0 Å². The van der Waals surface area contributed by atoms with Crippen molar-refractivity contribution in [2.75, 3.05) is 26.2 Å². The van der Waals surface area contributed by atoms with E-state index in [-0.39, 0.29) is 5.60 Å². The molecule has 0 aromatic rings. The fraction of sp³-hybridized carbons (Fsp3) is 1.00. The minimum atomic E-state index is 0.107. The van der Waals surface area contributed by atoms with E-state index < -0.39 is 0 Å². The highest BCUT2D eigenvalue weighted by molar-refractivity contribution is 4.82. The Balaban J connectivity index is 1.88. The Morgan fingerprint density at radius 2 is 2.00 bits per heavy atom. The van der Waals surface area contributed by atoms with Gasteiger partial charge >= 0.3 is 0 Å². The number of rotatable bonds is 8. The van der Waals surface area contributed by atoms with Gasteiger partial charge in [-0.2, -0.15) is 0 Å². The maximum absolute atomic E-state index is 5.72. The fourth-order valence-electron chi connectivity index (χ4n) is 2.09. The SMILES string of the molecule is CC(C)NCCCCNCC1(C)CCCO1. The summed E-state index contributed by atoms with van der Waals surface area (Å²) in [6.45, 7) is 10.8. The molecule has 2 N–H and O–H groups in total. The first-order chi connectivity index (χ1) is 7.62. The monoisotopic (exact) mass is 228 g/mol. The van der Waals surface area contributed by atoms with Crippen molar-refractivity contribution in [3.8, 4) is 0 Å². The van der Waals surface area contributed by atoms with Gasteiger partial charge in [-0.25, -0.2) is 0 Å². The molecule has 0 radical (unpaired) electrons. The third-order valence-corrected chi connectivity index (χ3v) is 3.13. The second kappa shape index (κ2) is 7.25. The second-order valence-corrected chi connectivity index (χ2v) is 5.39.